The highest BCUT2D eigenvalue weighted by Gasteiger charge is 2.04. The maximum absolute atomic E-state index is 12.9. The fourth-order valence-electron chi connectivity index (χ4n) is 3.25. The van der Waals surface area contributed by atoms with Crippen LogP contribution in [0.4, 0.5) is 4.39 Å². The highest BCUT2D eigenvalue weighted by atomic mass is 19.1. The van der Waals surface area contributed by atoms with Gasteiger partial charge in [-0.1, -0.05) is 54.3 Å². The number of rotatable bonds is 6. The van der Waals surface area contributed by atoms with Gasteiger partial charge in [-0.3, -0.25) is 4.79 Å². The van der Waals surface area contributed by atoms with Gasteiger partial charge in [0.05, 0.1) is 0 Å². The first-order valence-corrected chi connectivity index (χ1v) is 10.0. The van der Waals surface area contributed by atoms with Crippen molar-refractivity contribution in [1.82, 2.24) is 4.98 Å². The Hall–Kier alpha value is -3.51. The lowest BCUT2D eigenvalue weighted by atomic mass is 9.99. The Morgan fingerprint density at radius 3 is 2.60 bits per heavy atom. The van der Waals surface area contributed by atoms with Crippen LogP contribution in [0.5, 0.6) is 0 Å². The predicted molar refractivity (Wildman–Crippen MR) is 121 cm³/mol. The molecule has 3 rings (SSSR count). The third kappa shape index (κ3) is 6.25. The quantitative estimate of drug-likeness (QED) is 0.290. The van der Waals surface area contributed by atoms with E-state index >= 15 is 0 Å². The molecule has 0 atom stereocenters. The Bertz CT molecular complexity index is 1120. The molecule has 3 heteroatoms. The van der Waals surface area contributed by atoms with Crippen molar-refractivity contribution >= 4 is 11.4 Å². The number of carbonyl (C=O) groups is 1. The van der Waals surface area contributed by atoms with E-state index in [9.17, 15) is 9.18 Å². The molecular formula is C27H26FNO. The zero-order valence-electron chi connectivity index (χ0n) is 17.3. The van der Waals surface area contributed by atoms with Crippen molar-refractivity contribution in [2.75, 3.05) is 0 Å². The Labute approximate surface area is 179 Å². The van der Waals surface area contributed by atoms with Crippen LogP contribution in [0.15, 0.2) is 72.9 Å². The maximum Gasteiger partial charge on any atom is 0.212 e. The number of aryl methyl sites for hydroxylation is 3. The number of ketones is 1. The molecule has 2 aromatic carbocycles. The van der Waals surface area contributed by atoms with E-state index < -0.39 is 5.95 Å². The fourth-order valence-corrected chi connectivity index (χ4v) is 3.25. The zero-order valence-corrected chi connectivity index (χ0v) is 17.3. The van der Waals surface area contributed by atoms with E-state index in [-0.39, 0.29) is 7.21 Å². The average molecular weight is 400 g/mol. The van der Waals surface area contributed by atoms with Gasteiger partial charge in [0.15, 0.2) is 5.78 Å². The Morgan fingerprint density at radius 1 is 1.07 bits per heavy atom. The van der Waals surface area contributed by atoms with E-state index in [4.69, 9.17) is 0 Å². The molecule has 0 bridgehead atoms. The number of allylic oxidation sites excluding steroid dienone is 2. The number of nitrogens with zero attached hydrogens (tertiary/aromatic N) is 1. The number of hydrogen-bond acceptors (Lipinski definition) is 2. The van der Waals surface area contributed by atoms with Gasteiger partial charge in [0.25, 0.3) is 0 Å². The average Bonchev–Trinajstić information content (AvgIpc) is 2.73. The van der Waals surface area contributed by atoms with Crippen molar-refractivity contribution in [3.05, 3.63) is 107 Å². The molecule has 152 valence electrons. The highest BCUT2D eigenvalue weighted by Crippen LogP contribution is 2.18. The van der Waals surface area contributed by atoms with Gasteiger partial charge in [-0.15, -0.1) is 0 Å². The second-order valence-corrected chi connectivity index (χ2v) is 7.28. The topological polar surface area (TPSA) is 30.0 Å². The normalized spacial score (nSPS) is 11.0. The van der Waals surface area contributed by atoms with Gasteiger partial charge in [0.1, 0.15) is 0 Å². The molecule has 0 aliphatic heterocycles. The van der Waals surface area contributed by atoms with Gasteiger partial charge >= 0.3 is 0 Å². The third-order valence-electron chi connectivity index (χ3n) is 4.77. The van der Waals surface area contributed by atoms with Crippen molar-refractivity contribution in [2.45, 2.75) is 33.1 Å². The molecule has 2 nitrogen and oxygen atoms in total. The molecule has 0 amide bonds. The number of aromatic nitrogens is 1. The molecule has 0 radical (unpaired) electrons. The summed E-state index contributed by atoms with van der Waals surface area (Å²) in [7, 11) is 0. The monoisotopic (exact) mass is 399 g/mol. The summed E-state index contributed by atoms with van der Waals surface area (Å²) in [6.07, 6.45) is 5.88. The molecule has 0 fully saturated rings. The van der Waals surface area contributed by atoms with Gasteiger partial charge < -0.3 is 0 Å². The van der Waals surface area contributed by atoms with Crippen LogP contribution in [-0.2, 0) is 17.6 Å². The van der Waals surface area contributed by atoms with Crippen LogP contribution in [0.1, 0.15) is 42.6 Å². The minimum absolute atomic E-state index is 0. The Balaban J connectivity index is 0.00000341. The lowest BCUT2D eigenvalue weighted by molar-refractivity contribution is -0.112. The predicted octanol–water partition coefficient (Wildman–Crippen LogP) is 5.97. The standard InChI is InChI=1S/C27H24FNO.H2/c1-20-7-3-4-12-26(20)25(17-21(2)30)15-13-23-10-5-8-22(18-23)9-6-11-24-14-16-27(28)29-19-24;/h3-5,7-8,10,12,14,16-19H,6,9,11H2,1-2H3;1H/b25-17-;. The van der Waals surface area contributed by atoms with Gasteiger partial charge in [-0.05, 0) is 79.6 Å². The number of halogens is 1. The summed E-state index contributed by atoms with van der Waals surface area (Å²) in [6, 6.07) is 19.2. The van der Waals surface area contributed by atoms with E-state index in [0.29, 0.717) is 0 Å². The van der Waals surface area contributed by atoms with Gasteiger partial charge in [-0.2, -0.15) is 4.39 Å². The van der Waals surface area contributed by atoms with E-state index in [2.05, 4.69) is 29.0 Å². The number of pyridine rings is 1. The Morgan fingerprint density at radius 2 is 1.87 bits per heavy atom. The van der Waals surface area contributed by atoms with E-state index in [1.807, 2.05) is 43.3 Å². The van der Waals surface area contributed by atoms with Crippen molar-refractivity contribution in [2.24, 2.45) is 0 Å². The molecule has 0 unspecified atom stereocenters. The van der Waals surface area contributed by atoms with Crippen molar-refractivity contribution in [1.29, 1.82) is 0 Å². The molecule has 0 saturated carbocycles. The van der Waals surface area contributed by atoms with Crippen LogP contribution >= 0.6 is 0 Å². The molecule has 3 aromatic rings. The maximum atomic E-state index is 12.9. The lowest BCUT2D eigenvalue weighted by Gasteiger charge is -2.05. The van der Waals surface area contributed by atoms with Crippen LogP contribution in [0.3, 0.4) is 0 Å². The second kappa shape index (κ2) is 10.3. The molecular weight excluding hydrogens is 373 g/mol. The van der Waals surface area contributed by atoms with Crippen molar-refractivity contribution < 1.29 is 10.6 Å². The first-order valence-electron chi connectivity index (χ1n) is 10.0. The molecule has 0 aliphatic rings. The summed E-state index contributed by atoms with van der Waals surface area (Å²) < 4.78 is 12.9. The molecule has 1 aromatic heterocycles. The summed E-state index contributed by atoms with van der Waals surface area (Å²) in [5.41, 5.74) is 5.94. The van der Waals surface area contributed by atoms with Crippen LogP contribution < -0.4 is 0 Å². The third-order valence-corrected chi connectivity index (χ3v) is 4.77. The molecule has 1 heterocycles. The summed E-state index contributed by atoms with van der Waals surface area (Å²) >= 11 is 0. The van der Waals surface area contributed by atoms with E-state index in [1.165, 1.54) is 18.6 Å². The highest BCUT2D eigenvalue weighted by molar-refractivity contribution is 5.99. The number of carbonyl (C=O) groups excluding carboxylic acids is 1. The van der Waals surface area contributed by atoms with Crippen LogP contribution in [0.25, 0.3) is 5.57 Å². The van der Waals surface area contributed by atoms with Gasteiger partial charge in [-0.25, -0.2) is 4.98 Å². The van der Waals surface area contributed by atoms with Gasteiger partial charge in [0, 0.05) is 18.8 Å². The minimum atomic E-state index is -0.450. The Kier molecular flexibility index (Phi) is 7.29. The van der Waals surface area contributed by atoms with E-state index in [0.717, 1.165) is 47.1 Å². The molecule has 0 N–H and O–H groups in total. The summed E-state index contributed by atoms with van der Waals surface area (Å²) in [4.78, 5) is 15.4. The molecule has 0 saturated heterocycles. The largest absolute Gasteiger partial charge is 0.295 e. The minimum Gasteiger partial charge on any atom is -0.295 e. The first kappa shape index (κ1) is 21.2. The molecule has 30 heavy (non-hydrogen) atoms. The summed E-state index contributed by atoms with van der Waals surface area (Å²) in [6.45, 7) is 3.56. The van der Waals surface area contributed by atoms with Gasteiger partial charge in [0.2, 0.25) is 5.95 Å². The fraction of sp³-hybridized carbons (Fsp3) is 0.185. The number of hydrogen-bond donors (Lipinski definition) is 0. The second-order valence-electron chi connectivity index (χ2n) is 7.28. The van der Waals surface area contributed by atoms with Crippen molar-refractivity contribution in [3.8, 4) is 11.8 Å². The number of benzene rings is 2. The van der Waals surface area contributed by atoms with Crippen molar-refractivity contribution in [3.63, 3.8) is 0 Å². The lowest BCUT2D eigenvalue weighted by Crippen LogP contribution is -1.93. The zero-order chi connectivity index (χ0) is 21.3. The van der Waals surface area contributed by atoms with E-state index in [1.54, 1.807) is 18.3 Å². The summed E-state index contributed by atoms with van der Waals surface area (Å²) in [5, 5.41) is 0. The van der Waals surface area contributed by atoms with Crippen LogP contribution in [0.2, 0.25) is 0 Å². The first-order chi connectivity index (χ1) is 14.5. The van der Waals surface area contributed by atoms with Crippen LogP contribution in [-0.4, -0.2) is 10.8 Å². The molecule has 0 spiro atoms. The summed E-state index contributed by atoms with van der Waals surface area (Å²) in [5.74, 6) is 5.92. The molecule has 0 aliphatic carbocycles. The SMILES string of the molecule is CC(=O)/C=C(/C#Cc1cccc(CCCc2ccc(F)nc2)c1)c1ccccc1C.[HH]. The smallest absolute Gasteiger partial charge is 0.212 e. The van der Waals surface area contributed by atoms with Crippen LogP contribution in [0, 0.1) is 24.7 Å².